The van der Waals surface area contributed by atoms with Gasteiger partial charge in [-0.15, -0.1) is 0 Å². The van der Waals surface area contributed by atoms with E-state index in [4.69, 9.17) is 0 Å². The molecule has 3 nitrogen and oxygen atoms in total. The Morgan fingerprint density at radius 1 is 1.25 bits per heavy atom. The van der Waals surface area contributed by atoms with Crippen LogP contribution in [0, 0.1) is 0 Å². The molecule has 1 aromatic carbocycles. The Balaban J connectivity index is 1.91. The van der Waals surface area contributed by atoms with Gasteiger partial charge in [-0.05, 0) is 37.4 Å². The van der Waals surface area contributed by atoms with Crippen LogP contribution in [0.4, 0.5) is 0 Å². The van der Waals surface area contributed by atoms with Crippen molar-refractivity contribution in [3.8, 4) is 0 Å². The minimum absolute atomic E-state index is 0.227. The van der Waals surface area contributed by atoms with Crippen LogP contribution in [0.2, 0.25) is 0 Å². The van der Waals surface area contributed by atoms with Gasteiger partial charge in [-0.1, -0.05) is 47.0 Å². The van der Waals surface area contributed by atoms with E-state index < -0.39 is 6.10 Å². The van der Waals surface area contributed by atoms with Crippen LogP contribution >= 0.6 is 15.9 Å². The molecule has 1 heterocycles. The molecule has 2 atom stereocenters. The Bertz CT molecular complexity index is 413. The third-order valence-corrected chi connectivity index (χ3v) is 4.89. The summed E-state index contributed by atoms with van der Waals surface area (Å²) in [6.07, 6.45) is 4.98. The highest BCUT2D eigenvalue weighted by molar-refractivity contribution is 9.10. The van der Waals surface area contributed by atoms with E-state index >= 15 is 0 Å². The van der Waals surface area contributed by atoms with Gasteiger partial charge in [0.25, 0.3) is 0 Å². The second kappa shape index (κ2) is 8.13. The van der Waals surface area contributed by atoms with Crippen molar-refractivity contribution in [3.05, 3.63) is 34.3 Å². The van der Waals surface area contributed by atoms with Crippen LogP contribution in [-0.2, 0) is 0 Å². The van der Waals surface area contributed by atoms with Crippen molar-refractivity contribution in [2.45, 2.75) is 44.2 Å². The molecule has 1 aliphatic heterocycles. The number of rotatable bonds is 5. The van der Waals surface area contributed by atoms with E-state index in [1.54, 1.807) is 0 Å². The number of hydrogen-bond acceptors (Lipinski definition) is 3. The molecule has 0 aliphatic carbocycles. The van der Waals surface area contributed by atoms with Crippen molar-refractivity contribution < 1.29 is 10.2 Å². The zero-order valence-corrected chi connectivity index (χ0v) is 13.4. The molecule has 2 N–H and O–H groups in total. The fourth-order valence-electron chi connectivity index (χ4n) is 2.93. The quantitative estimate of drug-likeness (QED) is 0.864. The minimum Gasteiger partial charge on any atom is -0.395 e. The van der Waals surface area contributed by atoms with Gasteiger partial charge in [0.2, 0.25) is 0 Å². The lowest BCUT2D eigenvalue weighted by molar-refractivity contribution is 0.0945. The summed E-state index contributed by atoms with van der Waals surface area (Å²) in [7, 11) is 0. The van der Waals surface area contributed by atoms with E-state index in [-0.39, 0.29) is 12.6 Å². The normalized spacial score (nSPS) is 22.4. The van der Waals surface area contributed by atoms with Gasteiger partial charge in [0, 0.05) is 17.1 Å². The van der Waals surface area contributed by atoms with E-state index in [9.17, 15) is 10.2 Å². The molecule has 0 spiro atoms. The third-order valence-electron chi connectivity index (χ3n) is 4.16. The second-order valence-corrected chi connectivity index (χ2v) is 6.40. The summed E-state index contributed by atoms with van der Waals surface area (Å²) in [6.45, 7) is 2.10. The predicted octanol–water partition coefficient (Wildman–Crippen LogP) is 3.11. The van der Waals surface area contributed by atoms with Crippen LogP contribution in [0.25, 0.3) is 0 Å². The number of likely N-dealkylation sites (tertiary alicyclic amines) is 1. The minimum atomic E-state index is -0.451. The number of aliphatic hydroxyl groups excluding tert-OH is 2. The fraction of sp³-hybridized carbons (Fsp3) is 0.625. The SMILES string of the molecule is OCC1CCCCCN1CCC(O)c1ccccc1Br. The number of nitrogens with zero attached hydrogens (tertiary/aromatic N) is 1. The van der Waals surface area contributed by atoms with E-state index in [0.29, 0.717) is 6.42 Å². The van der Waals surface area contributed by atoms with Crippen molar-refractivity contribution >= 4 is 15.9 Å². The summed E-state index contributed by atoms with van der Waals surface area (Å²) in [5.74, 6) is 0. The van der Waals surface area contributed by atoms with E-state index in [1.165, 1.54) is 19.3 Å². The standard InChI is InChI=1S/C16H24BrNO2/c17-15-8-4-3-7-14(15)16(20)9-11-18-10-5-1-2-6-13(18)12-19/h3-4,7-8,13,16,19-20H,1-2,5-6,9-12H2. The van der Waals surface area contributed by atoms with Gasteiger partial charge in [0.15, 0.2) is 0 Å². The van der Waals surface area contributed by atoms with Gasteiger partial charge >= 0.3 is 0 Å². The Morgan fingerprint density at radius 2 is 2.05 bits per heavy atom. The summed E-state index contributed by atoms with van der Waals surface area (Å²) in [4.78, 5) is 2.34. The zero-order valence-electron chi connectivity index (χ0n) is 11.8. The number of aliphatic hydroxyl groups is 2. The zero-order chi connectivity index (χ0) is 14.4. The first-order valence-corrected chi connectivity index (χ1v) is 8.29. The van der Waals surface area contributed by atoms with Gasteiger partial charge in [-0.3, -0.25) is 4.90 Å². The van der Waals surface area contributed by atoms with Gasteiger partial charge in [0.1, 0.15) is 0 Å². The molecule has 112 valence electrons. The molecule has 0 bridgehead atoms. The summed E-state index contributed by atoms with van der Waals surface area (Å²) in [5.41, 5.74) is 0.947. The molecule has 1 fully saturated rings. The number of hydrogen-bond donors (Lipinski definition) is 2. The average molecular weight is 342 g/mol. The van der Waals surface area contributed by atoms with Crippen LogP contribution in [0.5, 0.6) is 0 Å². The lowest BCUT2D eigenvalue weighted by Crippen LogP contribution is -2.38. The molecule has 1 aliphatic rings. The molecular weight excluding hydrogens is 318 g/mol. The molecule has 0 radical (unpaired) electrons. The van der Waals surface area contributed by atoms with Crippen molar-refractivity contribution in [3.63, 3.8) is 0 Å². The summed E-state index contributed by atoms with van der Waals surface area (Å²) >= 11 is 3.49. The van der Waals surface area contributed by atoms with Crippen LogP contribution in [0.15, 0.2) is 28.7 Å². The Morgan fingerprint density at radius 3 is 2.80 bits per heavy atom. The van der Waals surface area contributed by atoms with Gasteiger partial charge in [-0.2, -0.15) is 0 Å². The Hall–Kier alpha value is -0.420. The average Bonchev–Trinajstić information content (AvgIpc) is 2.70. The van der Waals surface area contributed by atoms with Crippen LogP contribution in [0.1, 0.15) is 43.8 Å². The highest BCUT2D eigenvalue weighted by Crippen LogP contribution is 2.26. The Kier molecular flexibility index (Phi) is 6.49. The first kappa shape index (κ1) is 16.0. The van der Waals surface area contributed by atoms with E-state index in [0.717, 1.165) is 29.5 Å². The smallest absolute Gasteiger partial charge is 0.0813 e. The summed E-state index contributed by atoms with van der Waals surface area (Å²) in [6, 6.07) is 8.09. The predicted molar refractivity (Wildman–Crippen MR) is 84.6 cm³/mol. The molecule has 2 rings (SSSR count). The molecule has 1 aromatic rings. The van der Waals surface area contributed by atoms with Gasteiger partial charge in [0.05, 0.1) is 12.7 Å². The largest absolute Gasteiger partial charge is 0.395 e. The molecular formula is C16H24BrNO2. The highest BCUT2D eigenvalue weighted by Gasteiger charge is 2.21. The van der Waals surface area contributed by atoms with E-state index in [2.05, 4.69) is 20.8 Å². The highest BCUT2D eigenvalue weighted by atomic mass is 79.9. The Labute approximate surface area is 129 Å². The van der Waals surface area contributed by atoms with Gasteiger partial charge < -0.3 is 10.2 Å². The van der Waals surface area contributed by atoms with Crippen molar-refractivity contribution in [1.29, 1.82) is 0 Å². The topological polar surface area (TPSA) is 43.7 Å². The van der Waals surface area contributed by atoms with Crippen LogP contribution in [0.3, 0.4) is 0 Å². The maximum atomic E-state index is 10.3. The molecule has 0 saturated carbocycles. The summed E-state index contributed by atoms with van der Waals surface area (Å²) < 4.78 is 0.960. The van der Waals surface area contributed by atoms with Crippen molar-refractivity contribution in [1.82, 2.24) is 4.90 Å². The third kappa shape index (κ3) is 4.29. The molecule has 1 saturated heterocycles. The van der Waals surface area contributed by atoms with E-state index in [1.807, 2.05) is 24.3 Å². The molecule has 4 heteroatoms. The maximum absolute atomic E-state index is 10.3. The maximum Gasteiger partial charge on any atom is 0.0813 e. The monoisotopic (exact) mass is 341 g/mol. The van der Waals surface area contributed by atoms with Gasteiger partial charge in [-0.25, -0.2) is 0 Å². The van der Waals surface area contributed by atoms with Crippen molar-refractivity contribution in [2.24, 2.45) is 0 Å². The second-order valence-electron chi connectivity index (χ2n) is 5.55. The lowest BCUT2D eigenvalue weighted by atomic mass is 10.1. The lowest BCUT2D eigenvalue weighted by Gasteiger charge is -2.29. The molecule has 2 unspecified atom stereocenters. The first-order chi connectivity index (χ1) is 9.72. The number of benzene rings is 1. The van der Waals surface area contributed by atoms with Crippen LogP contribution in [-0.4, -0.2) is 40.9 Å². The molecule has 0 amide bonds. The molecule has 0 aromatic heterocycles. The van der Waals surface area contributed by atoms with Crippen LogP contribution < -0.4 is 0 Å². The van der Waals surface area contributed by atoms with Crippen molar-refractivity contribution in [2.75, 3.05) is 19.7 Å². The number of halogens is 1. The summed E-state index contributed by atoms with van der Waals surface area (Å²) in [5, 5.41) is 19.8. The first-order valence-electron chi connectivity index (χ1n) is 7.49. The molecule has 20 heavy (non-hydrogen) atoms. The fourth-order valence-corrected chi connectivity index (χ4v) is 3.48.